The van der Waals surface area contributed by atoms with E-state index in [1.807, 2.05) is 66.7 Å². The molecule has 2 amide bonds. The van der Waals surface area contributed by atoms with Gasteiger partial charge < -0.3 is 15.4 Å². The monoisotopic (exact) mass is 577 g/mol. The van der Waals surface area contributed by atoms with E-state index in [2.05, 4.69) is 21.6 Å². The molecule has 3 aromatic carbocycles. The van der Waals surface area contributed by atoms with Crippen LogP contribution in [0.4, 0.5) is 0 Å². The van der Waals surface area contributed by atoms with Crippen molar-refractivity contribution in [2.45, 2.75) is 76.3 Å². The third kappa shape index (κ3) is 7.37. The number of allylic oxidation sites excluding steroid dienone is 1. The van der Waals surface area contributed by atoms with E-state index in [9.17, 15) is 9.59 Å². The van der Waals surface area contributed by atoms with Gasteiger partial charge in [-0.05, 0) is 68.4 Å². The number of amides is 2. The van der Waals surface area contributed by atoms with Crippen LogP contribution in [0.2, 0.25) is 0 Å². The second-order valence-corrected chi connectivity index (χ2v) is 12.2. The van der Waals surface area contributed by atoms with Crippen LogP contribution in [-0.4, -0.2) is 42.4 Å². The number of benzene rings is 3. The van der Waals surface area contributed by atoms with Gasteiger partial charge in [0.2, 0.25) is 5.91 Å². The first-order valence-electron chi connectivity index (χ1n) is 16.1. The second-order valence-electron chi connectivity index (χ2n) is 12.2. The van der Waals surface area contributed by atoms with E-state index < -0.39 is 5.92 Å². The summed E-state index contributed by atoms with van der Waals surface area (Å²) < 4.78 is 6.20. The molecule has 0 spiro atoms. The predicted molar refractivity (Wildman–Crippen MR) is 170 cm³/mol. The lowest BCUT2D eigenvalue weighted by atomic mass is 9.85. The summed E-state index contributed by atoms with van der Waals surface area (Å²) in [6.07, 6.45) is 13.5. The number of ether oxygens (including phenoxy) is 1. The van der Waals surface area contributed by atoms with E-state index in [-0.39, 0.29) is 17.9 Å². The van der Waals surface area contributed by atoms with Gasteiger partial charge in [-0.3, -0.25) is 14.5 Å². The topological polar surface area (TPSA) is 70.7 Å². The lowest BCUT2D eigenvalue weighted by Gasteiger charge is -2.34. The minimum atomic E-state index is -0.538. The molecule has 1 fully saturated rings. The molecule has 1 aliphatic carbocycles. The minimum Gasteiger partial charge on any atom is -0.457 e. The number of carbonyl (C=O) groups is 2. The number of nitrogens with zero attached hydrogens (tertiary/aromatic N) is 1. The van der Waals surface area contributed by atoms with Crippen LogP contribution >= 0.6 is 0 Å². The molecular formula is C37H43N3O3. The maximum absolute atomic E-state index is 14.0. The van der Waals surface area contributed by atoms with Gasteiger partial charge in [-0.25, -0.2) is 0 Å². The van der Waals surface area contributed by atoms with Crippen LogP contribution in [-0.2, 0) is 11.3 Å². The number of hydrogen-bond donors (Lipinski definition) is 2. The fourth-order valence-corrected chi connectivity index (χ4v) is 6.65. The Balaban J connectivity index is 1.12. The summed E-state index contributed by atoms with van der Waals surface area (Å²) in [5.74, 6) is 0.568. The number of hydrogen-bond acceptors (Lipinski definition) is 4. The van der Waals surface area contributed by atoms with Crippen LogP contribution in [0.5, 0.6) is 11.5 Å². The van der Waals surface area contributed by atoms with Gasteiger partial charge in [0.25, 0.3) is 5.91 Å². The van der Waals surface area contributed by atoms with Crippen molar-refractivity contribution < 1.29 is 14.3 Å². The maximum atomic E-state index is 14.0. The lowest BCUT2D eigenvalue weighted by Crippen LogP contribution is -2.46. The van der Waals surface area contributed by atoms with E-state index in [1.54, 1.807) is 11.6 Å². The summed E-state index contributed by atoms with van der Waals surface area (Å²) in [5.41, 5.74) is 4.71. The zero-order valence-electron chi connectivity index (χ0n) is 25.0. The largest absolute Gasteiger partial charge is 0.457 e. The Morgan fingerprint density at radius 2 is 1.56 bits per heavy atom. The first-order valence-corrected chi connectivity index (χ1v) is 16.1. The van der Waals surface area contributed by atoms with E-state index in [4.69, 9.17) is 4.74 Å². The highest BCUT2D eigenvalue weighted by atomic mass is 16.5. The van der Waals surface area contributed by atoms with Crippen LogP contribution in [0.25, 0.3) is 0 Å². The summed E-state index contributed by atoms with van der Waals surface area (Å²) >= 11 is 0. The first-order chi connectivity index (χ1) is 21.1. The molecule has 1 unspecified atom stereocenters. The van der Waals surface area contributed by atoms with Gasteiger partial charge in [0.05, 0.1) is 5.92 Å². The highest BCUT2D eigenvalue weighted by Crippen LogP contribution is 2.44. The summed E-state index contributed by atoms with van der Waals surface area (Å²) in [7, 11) is 0. The molecule has 43 heavy (non-hydrogen) atoms. The standard InChI is InChI=1S/C37H43N3O3/c41-36(38-25-27-12-8-5-9-13-27)29-18-19-34-32(24-29)35(31-16-10-11-17-33(31)43-34)37(42)39-30-20-22-40(23-21-30)26-28-14-6-3-1-2-4-7-15-28/h5,8-14,16-19,24,30,35H,1-4,6-7,15,20-23,25-26H2,(H,38,41)(H,39,42). The number of para-hydroxylation sites is 1. The first kappa shape index (κ1) is 29.2. The van der Waals surface area contributed by atoms with Gasteiger partial charge in [-0.1, -0.05) is 79.4 Å². The predicted octanol–water partition coefficient (Wildman–Crippen LogP) is 7.11. The molecule has 224 valence electrons. The van der Waals surface area contributed by atoms with Gasteiger partial charge in [0, 0.05) is 48.9 Å². The van der Waals surface area contributed by atoms with Crippen molar-refractivity contribution in [2.24, 2.45) is 0 Å². The number of carbonyl (C=O) groups excluding carboxylic acids is 2. The van der Waals surface area contributed by atoms with Gasteiger partial charge >= 0.3 is 0 Å². The number of piperidine rings is 1. The minimum absolute atomic E-state index is 0.0312. The molecule has 3 aliphatic rings. The van der Waals surface area contributed by atoms with Crippen molar-refractivity contribution in [1.82, 2.24) is 15.5 Å². The molecule has 0 aromatic heterocycles. The third-order valence-corrected chi connectivity index (χ3v) is 9.09. The molecular weight excluding hydrogens is 534 g/mol. The molecule has 6 nitrogen and oxygen atoms in total. The van der Waals surface area contributed by atoms with Crippen molar-refractivity contribution in [3.63, 3.8) is 0 Å². The van der Waals surface area contributed by atoms with E-state index in [0.717, 1.165) is 49.2 Å². The summed E-state index contributed by atoms with van der Waals surface area (Å²) in [6.45, 7) is 3.50. The Hall–Kier alpha value is -3.90. The Bertz CT molecular complexity index is 1440. The van der Waals surface area contributed by atoms with Crippen molar-refractivity contribution in [1.29, 1.82) is 0 Å². The van der Waals surface area contributed by atoms with Crippen molar-refractivity contribution in [3.05, 3.63) is 107 Å². The molecule has 0 bridgehead atoms. The van der Waals surface area contributed by atoms with Crippen LogP contribution < -0.4 is 15.4 Å². The Morgan fingerprint density at radius 3 is 2.42 bits per heavy atom. The highest BCUT2D eigenvalue weighted by molar-refractivity contribution is 5.96. The lowest BCUT2D eigenvalue weighted by molar-refractivity contribution is -0.122. The average Bonchev–Trinajstić information content (AvgIpc) is 3.17. The van der Waals surface area contributed by atoms with Crippen LogP contribution in [0.15, 0.2) is 84.4 Å². The Kier molecular flexibility index (Phi) is 9.53. The number of nitrogens with one attached hydrogen (secondary N) is 2. The molecule has 2 heterocycles. The van der Waals surface area contributed by atoms with Crippen molar-refractivity contribution in [3.8, 4) is 11.5 Å². The summed E-state index contributed by atoms with van der Waals surface area (Å²) in [5, 5.41) is 6.39. The molecule has 2 aliphatic heterocycles. The fourth-order valence-electron chi connectivity index (χ4n) is 6.65. The van der Waals surface area contributed by atoms with E-state index in [1.165, 1.54) is 44.9 Å². The van der Waals surface area contributed by atoms with E-state index in [0.29, 0.717) is 23.6 Å². The van der Waals surface area contributed by atoms with E-state index >= 15 is 0 Å². The van der Waals surface area contributed by atoms with Crippen LogP contribution in [0.1, 0.15) is 90.8 Å². The second kappa shape index (κ2) is 14.0. The Labute approximate surface area is 255 Å². The zero-order valence-corrected chi connectivity index (χ0v) is 25.0. The van der Waals surface area contributed by atoms with Gasteiger partial charge in [0.15, 0.2) is 0 Å². The average molecular weight is 578 g/mol. The highest BCUT2D eigenvalue weighted by Gasteiger charge is 2.35. The van der Waals surface area contributed by atoms with Gasteiger partial charge in [-0.15, -0.1) is 0 Å². The van der Waals surface area contributed by atoms with Crippen molar-refractivity contribution in [2.75, 3.05) is 19.6 Å². The maximum Gasteiger partial charge on any atom is 0.251 e. The summed E-state index contributed by atoms with van der Waals surface area (Å²) in [4.78, 5) is 29.7. The van der Waals surface area contributed by atoms with Crippen LogP contribution in [0.3, 0.4) is 0 Å². The fraction of sp³-hybridized carbons (Fsp3) is 0.405. The van der Waals surface area contributed by atoms with Gasteiger partial charge in [-0.2, -0.15) is 0 Å². The quantitative estimate of drug-likeness (QED) is 0.294. The summed E-state index contributed by atoms with van der Waals surface area (Å²) in [6, 6.07) is 23.1. The molecule has 1 saturated heterocycles. The van der Waals surface area contributed by atoms with Crippen LogP contribution in [0, 0.1) is 0 Å². The number of rotatable bonds is 7. The third-order valence-electron chi connectivity index (χ3n) is 9.09. The molecule has 1 atom stereocenters. The number of fused-ring (bicyclic) bond motifs is 2. The SMILES string of the molecule is O=C(NCc1ccccc1)c1ccc2c(c1)C(C(=O)NC1CCN(CC3=CCCCCCCC3)CC1)c1ccccc1O2. The van der Waals surface area contributed by atoms with Crippen molar-refractivity contribution >= 4 is 11.8 Å². The molecule has 2 N–H and O–H groups in total. The smallest absolute Gasteiger partial charge is 0.251 e. The zero-order chi connectivity index (χ0) is 29.4. The molecule has 6 heteroatoms. The normalized spacial score (nSPS) is 19.3. The number of likely N-dealkylation sites (tertiary alicyclic amines) is 1. The molecule has 6 rings (SSSR count). The molecule has 0 radical (unpaired) electrons. The molecule has 0 saturated carbocycles. The molecule has 3 aromatic rings. The Morgan fingerprint density at radius 1 is 0.814 bits per heavy atom. The van der Waals surface area contributed by atoms with Gasteiger partial charge in [0.1, 0.15) is 11.5 Å².